The van der Waals surface area contributed by atoms with E-state index in [-0.39, 0.29) is 32.1 Å². The number of hydrogen-bond acceptors (Lipinski definition) is 7. The molecule has 9 nitrogen and oxygen atoms in total. The fraction of sp³-hybridized carbons (Fsp3) is 0.529. The standard InChI is InChI=1S/C51H80NO8P/c1-3-5-7-9-11-13-15-17-19-21-22-23-24-25-26-28-29-31-33-35-37-39-41-43-50(54)52-45-46-59-61(56,57)60-48-49(53)47-58-51(55)44-42-40-38-36-34-32-30-27-20-18-16-14-12-10-8-6-4-2/h5,7,11-14,17-20,22-23,25-26,29-32,35-38,49,53H,3-4,6,8-10,15-16,21,24,27-28,33-34,39-48H2,1-2H3,(H,52,54)(H,56,57)/b7-5-,13-11-,14-12-,19-17-,20-18-,23-22-,26-25-,31-29-,32-30-,37-35-,38-36-. The van der Waals surface area contributed by atoms with Crippen LogP contribution in [0.3, 0.4) is 0 Å². The summed E-state index contributed by atoms with van der Waals surface area (Å²) < 4.78 is 26.8. The molecule has 0 saturated heterocycles. The lowest BCUT2D eigenvalue weighted by molar-refractivity contribution is -0.147. The van der Waals surface area contributed by atoms with Crippen molar-refractivity contribution in [1.82, 2.24) is 5.32 Å². The van der Waals surface area contributed by atoms with Gasteiger partial charge >= 0.3 is 13.8 Å². The van der Waals surface area contributed by atoms with E-state index in [1.807, 2.05) is 6.08 Å². The van der Waals surface area contributed by atoms with E-state index in [0.29, 0.717) is 19.3 Å². The van der Waals surface area contributed by atoms with Crippen molar-refractivity contribution in [3.8, 4) is 0 Å². The van der Waals surface area contributed by atoms with E-state index in [9.17, 15) is 24.2 Å². The second-order valence-electron chi connectivity index (χ2n) is 14.3. The Labute approximate surface area is 370 Å². The molecular formula is C51H80NO8P. The Hall–Kier alpha value is -3.85. The van der Waals surface area contributed by atoms with Crippen LogP contribution in [0.15, 0.2) is 134 Å². The van der Waals surface area contributed by atoms with Crippen molar-refractivity contribution in [3.05, 3.63) is 134 Å². The highest BCUT2D eigenvalue weighted by Crippen LogP contribution is 2.42. The molecular weight excluding hydrogens is 786 g/mol. The molecule has 2 unspecified atom stereocenters. The van der Waals surface area contributed by atoms with Gasteiger partial charge in [0.15, 0.2) is 0 Å². The molecule has 0 aromatic rings. The fourth-order valence-electron chi connectivity index (χ4n) is 5.18. The van der Waals surface area contributed by atoms with Gasteiger partial charge in [-0.25, -0.2) is 4.57 Å². The number of carbonyl (C=O) groups excluding carboxylic acids is 2. The summed E-state index contributed by atoms with van der Waals surface area (Å²) in [6.07, 6.45) is 64.0. The smallest absolute Gasteiger partial charge is 0.463 e. The van der Waals surface area contributed by atoms with E-state index < -0.39 is 26.5 Å². The van der Waals surface area contributed by atoms with E-state index in [2.05, 4.69) is 147 Å². The number of nitrogens with one attached hydrogen (secondary N) is 1. The Morgan fingerprint density at radius 1 is 0.525 bits per heavy atom. The van der Waals surface area contributed by atoms with E-state index in [0.717, 1.165) is 77.0 Å². The minimum Gasteiger partial charge on any atom is -0.463 e. The number of esters is 1. The number of hydrogen-bond donors (Lipinski definition) is 3. The van der Waals surface area contributed by atoms with Crippen LogP contribution in [0.1, 0.15) is 142 Å². The fourth-order valence-corrected chi connectivity index (χ4v) is 5.94. The molecule has 0 heterocycles. The van der Waals surface area contributed by atoms with Crippen molar-refractivity contribution >= 4 is 19.7 Å². The van der Waals surface area contributed by atoms with Crippen LogP contribution in [-0.4, -0.2) is 54.3 Å². The first-order chi connectivity index (χ1) is 29.8. The molecule has 0 aliphatic carbocycles. The van der Waals surface area contributed by atoms with Gasteiger partial charge in [-0.15, -0.1) is 0 Å². The first-order valence-electron chi connectivity index (χ1n) is 22.7. The zero-order valence-electron chi connectivity index (χ0n) is 37.5. The molecule has 342 valence electrons. The number of rotatable bonds is 40. The van der Waals surface area contributed by atoms with E-state index in [1.54, 1.807) is 0 Å². The number of ether oxygens (including phenoxy) is 1. The molecule has 0 bridgehead atoms. The number of amides is 1. The van der Waals surface area contributed by atoms with Crippen molar-refractivity contribution in [2.75, 3.05) is 26.4 Å². The van der Waals surface area contributed by atoms with E-state index in [1.165, 1.54) is 25.7 Å². The summed E-state index contributed by atoms with van der Waals surface area (Å²) in [5.41, 5.74) is 0. The van der Waals surface area contributed by atoms with Crippen LogP contribution < -0.4 is 5.32 Å². The number of aliphatic hydroxyl groups excluding tert-OH is 1. The van der Waals surface area contributed by atoms with Gasteiger partial charge in [-0.3, -0.25) is 18.6 Å². The molecule has 0 saturated carbocycles. The lowest BCUT2D eigenvalue weighted by Crippen LogP contribution is -2.27. The number of phosphoric acid groups is 1. The minimum absolute atomic E-state index is 0.0342. The number of aliphatic hydroxyl groups is 1. The first-order valence-corrected chi connectivity index (χ1v) is 24.2. The Balaban J connectivity index is 3.80. The topological polar surface area (TPSA) is 131 Å². The van der Waals surface area contributed by atoms with Gasteiger partial charge in [0.05, 0.1) is 13.2 Å². The summed E-state index contributed by atoms with van der Waals surface area (Å²) >= 11 is 0. The molecule has 0 radical (unpaired) electrons. The van der Waals surface area contributed by atoms with Crippen molar-refractivity contribution in [2.45, 2.75) is 148 Å². The summed E-state index contributed by atoms with van der Waals surface area (Å²) in [5, 5.41) is 12.7. The van der Waals surface area contributed by atoms with E-state index in [4.69, 9.17) is 13.8 Å². The average Bonchev–Trinajstić information content (AvgIpc) is 3.25. The van der Waals surface area contributed by atoms with Crippen molar-refractivity contribution in [1.29, 1.82) is 0 Å². The van der Waals surface area contributed by atoms with Gasteiger partial charge in [-0.1, -0.05) is 160 Å². The van der Waals surface area contributed by atoms with Crippen LogP contribution in [0.4, 0.5) is 0 Å². The highest BCUT2D eigenvalue weighted by atomic mass is 31.2. The summed E-state index contributed by atoms with van der Waals surface area (Å²) in [6.45, 7) is 3.24. The lowest BCUT2D eigenvalue weighted by atomic mass is 10.2. The number of unbranched alkanes of at least 4 members (excludes halogenated alkanes) is 5. The summed E-state index contributed by atoms with van der Waals surface area (Å²) in [5.74, 6) is -0.648. The second-order valence-corrected chi connectivity index (χ2v) is 15.7. The molecule has 61 heavy (non-hydrogen) atoms. The van der Waals surface area contributed by atoms with Gasteiger partial charge in [-0.05, 0) is 103 Å². The molecule has 2 atom stereocenters. The molecule has 3 N–H and O–H groups in total. The third-order valence-electron chi connectivity index (χ3n) is 8.56. The molecule has 0 rings (SSSR count). The SMILES string of the molecule is CC/C=C\C/C=C\C/C=C\C/C=C\C/C=C\C/C=C\C/C=C\CCCC(=O)NCCOP(=O)(O)OCC(O)COC(=O)CCC/C=C\C/C=C\C/C=C\C/C=C\CCCCC. The third-order valence-corrected chi connectivity index (χ3v) is 9.55. The first kappa shape index (κ1) is 57.1. The van der Waals surface area contributed by atoms with Crippen LogP contribution in [0.2, 0.25) is 0 Å². The van der Waals surface area contributed by atoms with Gasteiger partial charge in [-0.2, -0.15) is 0 Å². The molecule has 0 aromatic carbocycles. The zero-order chi connectivity index (χ0) is 44.6. The number of phosphoric ester groups is 1. The highest BCUT2D eigenvalue weighted by Gasteiger charge is 2.23. The zero-order valence-corrected chi connectivity index (χ0v) is 38.4. The highest BCUT2D eigenvalue weighted by molar-refractivity contribution is 7.47. The summed E-state index contributed by atoms with van der Waals surface area (Å²) in [4.78, 5) is 33.9. The van der Waals surface area contributed by atoms with Crippen LogP contribution in [-0.2, 0) is 27.9 Å². The summed E-state index contributed by atoms with van der Waals surface area (Å²) in [6, 6.07) is 0. The maximum Gasteiger partial charge on any atom is 0.472 e. The third kappa shape index (κ3) is 47.1. The Morgan fingerprint density at radius 2 is 0.918 bits per heavy atom. The largest absolute Gasteiger partial charge is 0.472 e. The molecule has 0 spiro atoms. The predicted molar refractivity (Wildman–Crippen MR) is 256 cm³/mol. The molecule has 0 aliphatic rings. The van der Waals surface area contributed by atoms with E-state index >= 15 is 0 Å². The Bertz CT molecular complexity index is 1450. The van der Waals surface area contributed by atoms with Gasteiger partial charge in [0.2, 0.25) is 5.91 Å². The van der Waals surface area contributed by atoms with Crippen LogP contribution in [0, 0.1) is 0 Å². The molecule has 0 aliphatic heterocycles. The average molecular weight is 866 g/mol. The van der Waals surface area contributed by atoms with Gasteiger partial charge in [0, 0.05) is 19.4 Å². The monoisotopic (exact) mass is 866 g/mol. The van der Waals surface area contributed by atoms with Crippen molar-refractivity contribution < 1.29 is 37.9 Å². The van der Waals surface area contributed by atoms with Crippen molar-refractivity contribution in [3.63, 3.8) is 0 Å². The Morgan fingerprint density at radius 3 is 1.34 bits per heavy atom. The maximum absolute atomic E-state index is 12.1. The number of allylic oxidation sites excluding steroid dienone is 22. The summed E-state index contributed by atoms with van der Waals surface area (Å²) in [7, 11) is -4.46. The molecule has 1 amide bonds. The quantitative estimate of drug-likeness (QED) is 0.0240. The van der Waals surface area contributed by atoms with Crippen LogP contribution in [0.5, 0.6) is 0 Å². The maximum atomic E-state index is 12.1. The predicted octanol–water partition coefficient (Wildman–Crippen LogP) is 13.1. The van der Waals surface area contributed by atoms with Gasteiger partial charge in [0.1, 0.15) is 12.7 Å². The molecule has 0 fully saturated rings. The van der Waals surface area contributed by atoms with Gasteiger partial charge < -0.3 is 20.1 Å². The molecule has 10 heteroatoms. The van der Waals surface area contributed by atoms with Crippen LogP contribution >= 0.6 is 7.82 Å². The Kier molecular flexibility index (Phi) is 42.8. The van der Waals surface area contributed by atoms with Crippen LogP contribution in [0.25, 0.3) is 0 Å². The van der Waals surface area contributed by atoms with Crippen molar-refractivity contribution in [2.24, 2.45) is 0 Å². The normalized spacial score (nSPS) is 14.5. The van der Waals surface area contributed by atoms with Gasteiger partial charge in [0.25, 0.3) is 0 Å². The lowest BCUT2D eigenvalue weighted by Gasteiger charge is -2.15. The number of carbonyl (C=O) groups is 2. The second kappa shape index (κ2) is 45.7. The minimum atomic E-state index is -4.46. The molecule has 0 aromatic heterocycles.